The fourth-order valence-corrected chi connectivity index (χ4v) is 4.92. The molecule has 0 fully saturated rings. The Labute approximate surface area is 181 Å². The van der Waals surface area contributed by atoms with Crippen molar-refractivity contribution in [1.82, 2.24) is 10.2 Å². The van der Waals surface area contributed by atoms with Crippen LogP contribution >= 0.6 is 11.3 Å². The maximum absolute atomic E-state index is 13.7. The Morgan fingerprint density at radius 1 is 1.03 bits per heavy atom. The summed E-state index contributed by atoms with van der Waals surface area (Å²) in [6.45, 7) is 1.91. The van der Waals surface area contributed by atoms with Crippen molar-refractivity contribution in [2.75, 3.05) is 14.2 Å². The van der Waals surface area contributed by atoms with Gasteiger partial charge in [0.25, 0.3) is 0 Å². The fourth-order valence-electron chi connectivity index (χ4n) is 4.24. The lowest BCUT2D eigenvalue weighted by molar-refractivity contribution is 0.0945. The summed E-state index contributed by atoms with van der Waals surface area (Å²) in [5.41, 5.74) is 3.64. The van der Waals surface area contributed by atoms with Crippen molar-refractivity contribution in [1.29, 1.82) is 0 Å². The van der Waals surface area contributed by atoms with E-state index in [9.17, 15) is 9.59 Å². The number of nitrogens with zero attached hydrogens (tertiary/aromatic N) is 2. The lowest BCUT2D eigenvalue weighted by Gasteiger charge is -2.20. The zero-order chi connectivity index (χ0) is 21.7. The van der Waals surface area contributed by atoms with Crippen LogP contribution in [0.5, 0.6) is 11.5 Å². The molecule has 0 amide bonds. The zero-order valence-electron chi connectivity index (χ0n) is 17.0. The number of fused-ring (bicyclic) bond motifs is 2. The molecule has 1 aliphatic carbocycles. The van der Waals surface area contributed by atoms with E-state index in [2.05, 4.69) is 10.2 Å². The van der Waals surface area contributed by atoms with Crippen LogP contribution in [0.15, 0.2) is 51.1 Å². The highest BCUT2D eigenvalue weighted by atomic mass is 32.1. The highest BCUT2D eigenvalue weighted by Crippen LogP contribution is 2.50. The first-order chi connectivity index (χ1) is 15.0. The van der Waals surface area contributed by atoms with Gasteiger partial charge in [-0.3, -0.25) is 9.59 Å². The van der Waals surface area contributed by atoms with Crippen molar-refractivity contribution >= 4 is 28.1 Å². The minimum absolute atomic E-state index is 0.0661. The van der Waals surface area contributed by atoms with Gasteiger partial charge in [0.1, 0.15) is 27.6 Å². The molecule has 4 aromatic rings. The molecule has 0 spiro atoms. The molecule has 7 nitrogen and oxygen atoms in total. The third-order valence-corrected chi connectivity index (χ3v) is 6.42. The van der Waals surface area contributed by atoms with E-state index < -0.39 is 11.8 Å². The summed E-state index contributed by atoms with van der Waals surface area (Å²) >= 11 is 1.27. The van der Waals surface area contributed by atoms with Gasteiger partial charge in [-0.2, -0.15) is 0 Å². The van der Waals surface area contributed by atoms with E-state index in [1.54, 1.807) is 50.1 Å². The molecule has 0 N–H and O–H groups in total. The van der Waals surface area contributed by atoms with Gasteiger partial charge in [-0.25, -0.2) is 0 Å². The van der Waals surface area contributed by atoms with Gasteiger partial charge in [0.15, 0.2) is 11.2 Å². The molecule has 2 aromatic carbocycles. The monoisotopic (exact) mass is 434 g/mol. The minimum atomic E-state index is -0.738. The molecule has 0 aliphatic heterocycles. The average molecular weight is 434 g/mol. The first kappa shape index (κ1) is 19.4. The molecule has 0 unspecified atom stereocenters. The molecule has 8 heteroatoms. The predicted octanol–water partition coefficient (Wildman–Crippen LogP) is 4.08. The van der Waals surface area contributed by atoms with Crippen molar-refractivity contribution in [3.8, 4) is 11.5 Å². The summed E-state index contributed by atoms with van der Waals surface area (Å²) in [5, 5.41) is 9.02. The van der Waals surface area contributed by atoms with Gasteiger partial charge in [0.05, 0.1) is 31.1 Å². The average Bonchev–Trinajstić information content (AvgIpc) is 3.40. The summed E-state index contributed by atoms with van der Waals surface area (Å²) in [4.78, 5) is 27.2. The Hall–Kier alpha value is -3.52. The number of hydrogen-bond donors (Lipinski definition) is 0. The van der Waals surface area contributed by atoms with Gasteiger partial charge >= 0.3 is 0 Å². The molecular formula is C23H18N2O5S. The quantitative estimate of drug-likeness (QED) is 0.478. The number of ketones is 1. The Balaban J connectivity index is 1.86. The Kier molecular flexibility index (Phi) is 4.59. The fraction of sp³-hybridized carbons (Fsp3) is 0.217. The number of carbonyl (C=O) groups is 1. The van der Waals surface area contributed by atoms with E-state index in [4.69, 9.17) is 13.9 Å². The summed E-state index contributed by atoms with van der Waals surface area (Å²) in [5.74, 6) is -0.462. The van der Waals surface area contributed by atoms with E-state index >= 15 is 0 Å². The number of methoxy groups -OCH3 is 2. The first-order valence-corrected chi connectivity index (χ1v) is 10.5. The molecule has 2 atom stereocenters. The van der Waals surface area contributed by atoms with Gasteiger partial charge in [-0.15, -0.1) is 21.5 Å². The van der Waals surface area contributed by atoms with Crippen LogP contribution in [0.25, 0.3) is 11.0 Å². The van der Waals surface area contributed by atoms with Crippen molar-refractivity contribution in [3.63, 3.8) is 0 Å². The number of aromatic nitrogens is 2. The molecule has 0 saturated heterocycles. The van der Waals surface area contributed by atoms with Crippen molar-refractivity contribution in [2.45, 2.75) is 18.8 Å². The molecular weight excluding hydrogens is 416 g/mol. The van der Waals surface area contributed by atoms with E-state index in [0.29, 0.717) is 38.6 Å². The lowest BCUT2D eigenvalue weighted by atomic mass is 9.84. The summed E-state index contributed by atoms with van der Waals surface area (Å²) < 4.78 is 17.0. The van der Waals surface area contributed by atoms with E-state index in [1.165, 1.54) is 11.3 Å². The summed E-state index contributed by atoms with van der Waals surface area (Å²) in [7, 11) is 3.11. The van der Waals surface area contributed by atoms with Crippen LogP contribution < -0.4 is 14.9 Å². The molecule has 0 saturated carbocycles. The van der Waals surface area contributed by atoms with Crippen LogP contribution in [0.1, 0.15) is 44.1 Å². The van der Waals surface area contributed by atoms with Crippen molar-refractivity contribution < 1.29 is 18.7 Å². The van der Waals surface area contributed by atoms with E-state index in [-0.39, 0.29) is 17.0 Å². The van der Waals surface area contributed by atoms with Crippen molar-refractivity contribution in [3.05, 3.63) is 79.6 Å². The number of benzene rings is 2. The highest BCUT2D eigenvalue weighted by Gasteiger charge is 2.48. The largest absolute Gasteiger partial charge is 0.497 e. The number of ether oxygens (including phenoxy) is 2. The van der Waals surface area contributed by atoms with Crippen LogP contribution in [0, 0.1) is 6.92 Å². The van der Waals surface area contributed by atoms with Gasteiger partial charge in [-0.1, -0.05) is 11.6 Å². The Morgan fingerprint density at radius 3 is 2.58 bits per heavy atom. The van der Waals surface area contributed by atoms with Crippen LogP contribution in [-0.2, 0) is 0 Å². The minimum Gasteiger partial charge on any atom is -0.497 e. The Bertz CT molecular complexity index is 1380. The SMILES string of the molecule is COc1ccc(OC)c([C@H]2c3c(oc4ccc(C)cc4c3=O)C(=O)[C@@H]2c2nncs2)c1. The third kappa shape index (κ3) is 2.94. The van der Waals surface area contributed by atoms with Crippen molar-refractivity contribution in [2.24, 2.45) is 0 Å². The molecule has 156 valence electrons. The second-order valence-corrected chi connectivity index (χ2v) is 8.24. The molecule has 31 heavy (non-hydrogen) atoms. The number of Topliss-reactive ketones (excluding diaryl/α,β-unsaturated/α-hetero) is 1. The molecule has 1 aliphatic rings. The van der Waals surface area contributed by atoms with Gasteiger partial charge in [0, 0.05) is 11.5 Å². The van der Waals surface area contributed by atoms with Crippen LogP contribution in [0.4, 0.5) is 0 Å². The molecule has 5 rings (SSSR count). The molecule has 2 heterocycles. The topological polar surface area (TPSA) is 91.5 Å². The second-order valence-electron chi connectivity index (χ2n) is 7.38. The maximum Gasteiger partial charge on any atom is 0.209 e. The first-order valence-electron chi connectivity index (χ1n) is 9.63. The normalized spacial score (nSPS) is 17.7. The van der Waals surface area contributed by atoms with Crippen LogP contribution in [0.2, 0.25) is 0 Å². The lowest BCUT2D eigenvalue weighted by Crippen LogP contribution is -2.17. The standard InChI is InChI=1S/C23H18N2O5S/c1-11-4-6-16-14(8-11)20(26)18-17(13-9-12(28-2)5-7-15(13)29-3)19(21(27)22(18)30-16)23-25-24-10-31-23/h4-10,17,19H,1-3H3/t17-,19+/m0/s1. The van der Waals surface area contributed by atoms with Gasteiger partial charge in [0.2, 0.25) is 5.78 Å². The molecule has 0 radical (unpaired) electrons. The third-order valence-electron chi connectivity index (χ3n) is 5.65. The summed E-state index contributed by atoms with van der Waals surface area (Å²) in [6.07, 6.45) is 0. The Morgan fingerprint density at radius 2 is 1.87 bits per heavy atom. The zero-order valence-corrected chi connectivity index (χ0v) is 17.9. The number of carbonyl (C=O) groups excluding carboxylic acids is 1. The highest BCUT2D eigenvalue weighted by molar-refractivity contribution is 7.09. The van der Waals surface area contributed by atoms with Crippen LogP contribution in [-0.4, -0.2) is 30.2 Å². The van der Waals surface area contributed by atoms with Gasteiger partial charge in [-0.05, 0) is 37.3 Å². The van der Waals surface area contributed by atoms with Crippen LogP contribution in [0.3, 0.4) is 0 Å². The summed E-state index contributed by atoms with van der Waals surface area (Å²) in [6, 6.07) is 10.7. The predicted molar refractivity (Wildman–Crippen MR) is 116 cm³/mol. The maximum atomic E-state index is 13.7. The number of rotatable bonds is 4. The number of aryl methyl sites for hydroxylation is 1. The smallest absolute Gasteiger partial charge is 0.209 e. The van der Waals surface area contributed by atoms with Gasteiger partial charge < -0.3 is 13.9 Å². The van der Waals surface area contributed by atoms with E-state index in [1.807, 2.05) is 13.0 Å². The van der Waals surface area contributed by atoms with E-state index in [0.717, 1.165) is 5.56 Å². The second kappa shape index (κ2) is 7.31. The molecule has 0 bridgehead atoms. The number of hydrogen-bond acceptors (Lipinski definition) is 8. The molecule has 2 aromatic heterocycles.